The summed E-state index contributed by atoms with van der Waals surface area (Å²) in [5.74, 6) is 1.71. The molecule has 2 aliphatic rings. The number of nitrogens with zero attached hydrogens (tertiary/aromatic N) is 2. The van der Waals surface area contributed by atoms with E-state index in [-0.39, 0.29) is 35.8 Å². The molecule has 0 spiro atoms. The predicted octanol–water partition coefficient (Wildman–Crippen LogP) is 4.51. The van der Waals surface area contributed by atoms with Gasteiger partial charge in [-0.2, -0.15) is 0 Å². The van der Waals surface area contributed by atoms with Gasteiger partial charge in [0.25, 0.3) is 0 Å². The lowest BCUT2D eigenvalue weighted by Gasteiger charge is -2.31. The molecule has 184 valence electrons. The fourth-order valence-electron chi connectivity index (χ4n) is 4.74. The maximum atomic E-state index is 12.1. The van der Waals surface area contributed by atoms with Gasteiger partial charge in [-0.15, -0.1) is 24.0 Å². The molecule has 2 aliphatic heterocycles. The molecule has 2 heterocycles. The minimum Gasteiger partial charge on any atom is -0.357 e. The van der Waals surface area contributed by atoms with Crippen molar-refractivity contribution in [3.05, 3.63) is 65.2 Å². The lowest BCUT2D eigenvalue weighted by molar-refractivity contribution is -0.116. The molecule has 1 fully saturated rings. The van der Waals surface area contributed by atoms with Crippen LogP contribution in [0.5, 0.6) is 0 Å². The second-order valence-corrected chi connectivity index (χ2v) is 9.34. The van der Waals surface area contributed by atoms with Gasteiger partial charge in [-0.3, -0.25) is 14.7 Å². The Balaban J connectivity index is 0.00000324. The minimum atomic E-state index is 0. The quantitative estimate of drug-likeness (QED) is 0.258. The van der Waals surface area contributed by atoms with Gasteiger partial charge in [0, 0.05) is 44.2 Å². The number of halogens is 1. The van der Waals surface area contributed by atoms with Crippen molar-refractivity contribution in [3.8, 4) is 0 Å². The minimum absolute atomic E-state index is 0. The molecule has 0 bridgehead atoms. The number of guanidine groups is 1. The molecule has 3 N–H and O–H groups in total. The summed E-state index contributed by atoms with van der Waals surface area (Å²) in [7, 11) is 0. The van der Waals surface area contributed by atoms with E-state index in [4.69, 9.17) is 4.99 Å². The zero-order valence-electron chi connectivity index (χ0n) is 20.3. The van der Waals surface area contributed by atoms with Crippen LogP contribution in [0.2, 0.25) is 0 Å². The van der Waals surface area contributed by atoms with E-state index in [0.717, 1.165) is 44.4 Å². The second-order valence-electron chi connectivity index (χ2n) is 9.34. The summed E-state index contributed by atoms with van der Waals surface area (Å²) in [6.07, 6.45) is 2.87. The molecule has 2 aromatic rings. The third kappa shape index (κ3) is 7.43. The number of hydrogen-bond donors (Lipinski definition) is 3. The summed E-state index contributed by atoms with van der Waals surface area (Å²) < 4.78 is 0. The van der Waals surface area contributed by atoms with Gasteiger partial charge in [0.2, 0.25) is 5.91 Å². The van der Waals surface area contributed by atoms with Crippen molar-refractivity contribution in [2.45, 2.75) is 45.6 Å². The van der Waals surface area contributed by atoms with Gasteiger partial charge in [-0.25, -0.2) is 0 Å². The van der Waals surface area contributed by atoms with Crippen LogP contribution in [0.25, 0.3) is 0 Å². The summed E-state index contributed by atoms with van der Waals surface area (Å²) in [6, 6.07) is 17.0. The highest BCUT2D eigenvalue weighted by molar-refractivity contribution is 14.0. The van der Waals surface area contributed by atoms with Gasteiger partial charge in [-0.1, -0.05) is 48.0 Å². The van der Waals surface area contributed by atoms with Crippen molar-refractivity contribution in [2.24, 2.45) is 10.9 Å². The van der Waals surface area contributed by atoms with Crippen molar-refractivity contribution in [3.63, 3.8) is 0 Å². The van der Waals surface area contributed by atoms with Crippen LogP contribution in [0.1, 0.15) is 48.8 Å². The molecule has 0 aromatic heterocycles. The van der Waals surface area contributed by atoms with E-state index < -0.39 is 0 Å². The third-order valence-electron chi connectivity index (χ3n) is 6.71. The first-order valence-electron chi connectivity index (χ1n) is 12.3. The highest BCUT2D eigenvalue weighted by atomic mass is 127. The van der Waals surface area contributed by atoms with Crippen molar-refractivity contribution < 1.29 is 4.79 Å². The molecule has 1 saturated heterocycles. The number of rotatable bonds is 7. The molecule has 1 unspecified atom stereocenters. The average molecular weight is 576 g/mol. The zero-order chi connectivity index (χ0) is 23.0. The zero-order valence-corrected chi connectivity index (χ0v) is 22.7. The van der Waals surface area contributed by atoms with E-state index in [1.54, 1.807) is 0 Å². The maximum Gasteiger partial charge on any atom is 0.225 e. The number of piperidine rings is 1. The van der Waals surface area contributed by atoms with Gasteiger partial charge in [0.1, 0.15) is 0 Å². The Hall–Kier alpha value is -2.13. The SMILES string of the molecule is CCNC(=NCC1CCN(Cc2ccc(C)cc2)CC1)NCC1CC(=O)Nc2ccccc21.I. The molecule has 0 saturated carbocycles. The van der Waals surface area contributed by atoms with Crippen LogP contribution in [-0.2, 0) is 11.3 Å². The summed E-state index contributed by atoms with van der Waals surface area (Å²) in [6.45, 7) is 9.89. The first kappa shape index (κ1) is 26.5. The van der Waals surface area contributed by atoms with Crippen LogP contribution >= 0.6 is 24.0 Å². The van der Waals surface area contributed by atoms with E-state index in [2.05, 4.69) is 65.0 Å². The topological polar surface area (TPSA) is 68.8 Å². The Morgan fingerprint density at radius 2 is 1.82 bits per heavy atom. The van der Waals surface area contributed by atoms with Crippen molar-refractivity contribution in [1.29, 1.82) is 0 Å². The Labute approximate surface area is 221 Å². The van der Waals surface area contributed by atoms with Crippen molar-refractivity contribution in [2.75, 3.05) is 38.0 Å². The van der Waals surface area contributed by atoms with Gasteiger partial charge >= 0.3 is 0 Å². The number of aryl methyl sites for hydroxylation is 1. The lowest BCUT2D eigenvalue weighted by Crippen LogP contribution is -2.41. The van der Waals surface area contributed by atoms with Crippen LogP contribution in [0.15, 0.2) is 53.5 Å². The Bertz CT molecular complexity index is 954. The maximum absolute atomic E-state index is 12.1. The number of para-hydroxylation sites is 1. The smallest absolute Gasteiger partial charge is 0.225 e. The van der Waals surface area contributed by atoms with Crippen LogP contribution in [0.3, 0.4) is 0 Å². The molecule has 0 aliphatic carbocycles. The molecule has 0 radical (unpaired) electrons. The van der Waals surface area contributed by atoms with Gasteiger partial charge in [0.15, 0.2) is 5.96 Å². The second kappa shape index (κ2) is 13.1. The predicted molar refractivity (Wildman–Crippen MR) is 151 cm³/mol. The molecule has 4 rings (SSSR count). The number of hydrogen-bond acceptors (Lipinski definition) is 3. The fraction of sp³-hybridized carbons (Fsp3) is 0.481. The number of aliphatic imine (C=N–C) groups is 1. The van der Waals surface area contributed by atoms with E-state index in [1.165, 1.54) is 29.5 Å². The Kier molecular flexibility index (Phi) is 10.2. The highest BCUT2D eigenvalue weighted by Gasteiger charge is 2.25. The molecule has 1 amide bonds. The fourth-order valence-corrected chi connectivity index (χ4v) is 4.74. The Morgan fingerprint density at radius 3 is 2.56 bits per heavy atom. The number of carbonyl (C=O) groups is 1. The number of amides is 1. The lowest BCUT2D eigenvalue weighted by atomic mass is 9.90. The highest BCUT2D eigenvalue weighted by Crippen LogP contribution is 2.31. The Morgan fingerprint density at radius 1 is 1.09 bits per heavy atom. The molecule has 6 nitrogen and oxygen atoms in total. The van der Waals surface area contributed by atoms with Crippen molar-refractivity contribution >= 4 is 41.5 Å². The first-order valence-corrected chi connectivity index (χ1v) is 12.3. The van der Waals surface area contributed by atoms with Crippen LogP contribution in [-0.4, -0.2) is 49.5 Å². The number of fused-ring (bicyclic) bond motifs is 1. The molecular formula is C27H38IN5O. The van der Waals surface area contributed by atoms with Crippen LogP contribution in [0.4, 0.5) is 5.69 Å². The summed E-state index contributed by atoms with van der Waals surface area (Å²) in [5.41, 5.74) is 4.84. The average Bonchev–Trinajstić information content (AvgIpc) is 2.83. The molecule has 7 heteroatoms. The van der Waals surface area contributed by atoms with E-state index in [1.807, 2.05) is 18.2 Å². The standard InChI is InChI=1S/C27H37N5O.HI/c1-3-28-27(30-18-23-16-26(33)31-25-7-5-4-6-24(23)25)29-17-21-12-14-32(15-13-21)19-22-10-8-20(2)9-11-22;/h4-11,21,23H,3,12-19H2,1-2H3,(H,31,33)(H2,28,29,30);1H. The monoisotopic (exact) mass is 575 g/mol. The summed E-state index contributed by atoms with van der Waals surface area (Å²) in [4.78, 5) is 19.6. The van der Waals surface area contributed by atoms with Gasteiger partial charge in [0.05, 0.1) is 0 Å². The molecule has 2 aromatic carbocycles. The first-order chi connectivity index (χ1) is 16.1. The number of benzene rings is 2. The molecule has 34 heavy (non-hydrogen) atoms. The summed E-state index contributed by atoms with van der Waals surface area (Å²) >= 11 is 0. The van der Waals surface area contributed by atoms with Crippen LogP contribution in [0, 0.1) is 12.8 Å². The largest absolute Gasteiger partial charge is 0.357 e. The number of nitrogens with one attached hydrogen (secondary N) is 3. The third-order valence-corrected chi connectivity index (χ3v) is 6.71. The van der Waals surface area contributed by atoms with E-state index >= 15 is 0 Å². The number of anilines is 1. The normalized spacial score (nSPS) is 19.1. The molecule has 1 atom stereocenters. The summed E-state index contributed by atoms with van der Waals surface area (Å²) in [5, 5.41) is 9.83. The van der Waals surface area contributed by atoms with Gasteiger partial charge < -0.3 is 16.0 Å². The van der Waals surface area contributed by atoms with Gasteiger partial charge in [-0.05, 0) is 62.9 Å². The van der Waals surface area contributed by atoms with E-state index in [0.29, 0.717) is 18.9 Å². The van der Waals surface area contributed by atoms with Crippen molar-refractivity contribution in [1.82, 2.24) is 15.5 Å². The van der Waals surface area contributed by atoms with E-state index in [9.17, 15) is 4.79 Å². The number of likely N-dealkylation sites (tertiary alicyclic amines) is 1. The number of carbonyl (C=O) groups excluding carboxylic acids is 1. The van der Waals surface area contributed by atoms with Crippen LogP contribution < -0.4 is 16.0 Å². The molecular weight excluding hydrogens is 537 g/mol.